The first kappa shape index (κ1) is 25.7. The molecule has 0 spiro atoms. The van der Waals surface area contributed by atoms with Gasteiger partial charge < -0.3 is 9.47 Å². The van der Waals surface area contributed by atoms with Gasteiger partial charge in [-0.25, -0.2) is 9.97 Å². The number of piperazine rings is 1. The maximum absolute atomic E-state index is 12.8. The van der Waals surface area contributed by atoms with Crippen LogP contribution in [-0.2, 0) is 25.1 Å². The molecular formula is C22H34F3N7S. The monoisotopic (exact) mass is 485 g/mol. The molecule has 184 valence electrons. The minimum Gasteiger partial charge on any atom is -0.354 e. The molecule has 0 amide bonds. The van der Waals surface area contributed by atoms with E-state index in [1.54, 1.807) is 0 Å². The molecule has 0 aliphatic carbocycles. The van der Waals surface area contributed by atoms with Gasteiger partial charge in [-0.05, 0) is 19.4 Å². The van der Waals surface area contributed by atoms with E-state index in [1.165, 1.54) is 18.8 Å². The van der Waals surface area contributed by atoms with Gasteiger partial charge in [0.2, 0.25) is 5.82 Å². The third-order valence-corrected chi connectivity index (χ3v) is 6.68. The van der Waals surface area contributed by atoms with Crippen LogP contribution in [0.2, 0.25) is 0 Å². The Morgan fingerprint density at radius 1 is 1.03 bits per heavy atom. The molecule has 0 bridgehead atoms. The van der Waals surface area contributed by atoms with E-state index < -0.39 is 12.0 Å². The number of hydrogen-bond acceptors (Lipinski definition) is 7. The lowest BCUT2D eigenvalue weighted by Crippen LogP contribution is -2.47. The standard InChI is InChI=1S/C22H34F3N7S/c1-6-8-16-15-17(27-18(26-16)21(2,3)4)32-12-10-31(11-13-32)9-7-14-33-20-29-28-19(30(20)5)22(23,24)25/h15H,6-14H2,1-5H3. The molecule has 7 nitrogen and oxygen atoms in total. The molecule has 11 heteroatoms. The molecule has 0 aromatic carbocycles. The summed E-state index contributed by atoms with van der Waals surface area (Å²) >= 11 is 1.32. The van der Waals surface area contributed by atoms with Gasteiger partial charge in [0.25, 0.3) is 0 Å². The number of anilines is 1. The highest BCUT2D eigenvalue weighted by molar-refractivity contribution is 7.99. The third-order valence-electron chi connectivity index (χ3n) is 5.58. The molecule has 0 radical (unpaired) electrons. The summed E-state index contributed by atoms with van der Waals surface area (Å²) in [6.45, 7) is 13.2. The zero-order valence-corrected chi connectivity index (χ0v) is 20.9. The van der Waals surface area contributed by atoms with Crippen LogP contribution in [0.15, 0.2) is 11.2 Å². The van der Waals surface area contributed by atoms with Gasteiger partial charge in [0, 0.05) is 56.2 Å². The SMILES string of the molecule is CCCc1cc(N2CCN(CCCSc3nnc(C(F)(F)F)n3C)CC2)nc(C(C)(C)C)n1. The fourth-order valence-corrected chi connectivity index (χ4v) is 4.54. The zero-order valence-electron chi connectivity index (χ0n) is 20.1. The average molecular weight is 486 g/mol. The first-order valence-electron chi connectivity index (χ1n) is 11.4. The summed E-state index contributed by atoms with van der Waals surface area (Å²) in [5.74, 6) is 1.64. The molecular weight excluding hydrogens is 451 g/mol. The van der Waals surface area contributed by atoms with Gasteiger partial charge in [-0.3, -0.25) is 4.90 Å². The van der Waals surface area contributed by atoms with Crippen LogP contribution >= 0.6 is 11.8 Å². The number of rotatable bonds is 8. The van der Waals surface area contributed by atoms with E-state index >= 15 is 0 Å². The number of halogens is 3. The highest BCUT2D eigenvalue weighted by Gasteiger charge is 2.37. The second-order valence-corrected chi connectivity index (χ2v) is 10.5. The van der Waals surface area contributed by atoms with Crippen LogP contribution in [0, 0.1) is 0 Å². The average Bonchev–Trinajstić information content (AvgIpc) is 3.12. The van der Waals surface area contributed by atoms with E-state index in [0.29, 0.717) is 10.9 Å². The van der Waals surface area contributed by atoms with Crippen LogP contribution in [0.3, 0.4) is 0 Å². The fourth-order valence-electron chi connectivity index (χ4n) is 3.70. The van der Waals surface area contributed by atoms with Gasteiger partial charge in [0.1, 0.15) is 11.6 Å². The predicted molar refractivity (Wildman–Crippen MR) is 125 cm³/mol. The normalized spacial score (nSPS) is 15.9. The molecule has 1 aliphatic rings. The second-order valence-electron chi connectivity index (χ2n) is 9.43. The van der Waals surface area contributed by atoms with E-state index in [-0.39, 0.29) is 5.41 Å². The molecule has 1 aliphatic heterocycles. The largest absolute Gasteiger partial charge is 0.451 e. The molecule has 33 heavy (non-hydrogen) atoms. The smallest absolute Gasteiger partial charge is 0.354 e. The van der Waals surface area contributed by atoms with E-state index in [0.717, 1.165) is 73.9 Å². The Bertz CT molecular complexity index is 916. The van der Waals surface area contributed by atoms with Crippen LogP contribution in [0.4, 0.5) is 19.0 Å². The number of alkyl halides is 3. The van der Waals surface area contributed by atoms with E-state index in [9.17, 15) is 13.2 Å². The first-order chi connectivity index (χ1) is 15.5. The minimum absolute atomic E-state index is 0.0957. The summed E-state index contributed by atoms with van der Waals surface area (Å²) in [5, 5.41) is 7.25. The highest BCUT2D eigenvalue weighted by Crippen LogP contribution is 2.29. The molecule has 2 aromatic rings. The van der Waals surface area contributed by atoms with Crippen molar-refractivity contribution in [1.82, 2.24) is 29.6 Å². The summed E-state index contributed by atoms with van der Waals surface area (Å²) in [4.78, 5) is 14.4. The maximum atomic E-state index is 12.8. The fraction of sp³-hybridized carbons (Fsp3) is 0.727. The number of aromatic nitrogens is 5. The topological polar surface area (TPSA) is 63.0 Å². The highest BCUT2D eigenvalue weighted by atomic mass is 32.2. The van der Waals surface area contributed by atoms with Crippen LogP contribution in [0.25, 0.3) is 0 Å². The Balaban J connectivity index is 1.49. The van der Waals surface area contributed by atoms with Crippen molar-refractivity contribution in [3.8, 4) is 0 Å². The lowest BCUT2D eigenvalue weighted by atomic mass is 9.95. The van der Waals surface area contributed by atoms with Crippen LogP contribution in [0.5, 0.6) is 0 Å². The number of aryl methyl sites for hydroxylation is 1. The van der Waals surface area contributed by atoms with Crippen LogP contribution < -0.4 is 4.90 Å². The lowest BCUT2D eigenvalue weighted by molar-refractivity contribution is -0.147. The van der Waals surface area contributed by atoms with E-state index in [2.05, 4.69) is 53.8 Å². The maximum Gasteiger partial charge on any atom is 0.451 e. The van der Waals surface area contributed by atoms with Gasteiger partial charge in [0.15, 0.2) is 5.16 Å². The Hall–Kier alpha value is -1.88. The number of thioether (sulfide) groups is 1. The molecule has 3 heterocycles. The summed E-state index contributed by atoms with van der Waals surface area (Å²) < 4.78 is 39.5. The minimum atomic E-state index is -4.48. The zero-order chi connectivity index (χ0) is 24.2. The van der Waals surface area contributed by atoms with Crippen molar-refractivity contribution in [2.24, 2.45) is 7.05 Å². The molecule has 0 saturated carbocycles. The first-order valence-corrected chi connectivity index (χ1v) is 12.4. The van der Waals surface area contributed by atoms with Crippen molar-refractivity contribution in [1.29, 1.82) is 0 Å². The van der Waals surface area contributed by atoms with Crippen molar-refractivity contribution in [2.45, 2.75) is 63.7 Å². The quantitative estimate of drug-likeness (QED) is 0.411. The molecule has 2 aromatic heterocycles. The summed E-state index contributed by atoms with van der Waals surface area (Å²) in [5.41, 5.74) is 1.01. The van der Waals surface area contributed by atoms with Gasteiger partial charge in [-0.1, -0.05) is 45.9 Å². The predicted octanol–water partition coefficient (Wildman–Crippen LogP) is 4.18. The lowest BCUT2D eigenvalue weighted by Gasteiger charge is -2.36. The molecule has 0 unspecified atom stereocenters. The summed E-state index contributed by atoms with van der Waals surface area (Å²) in [7, 11) is 1.36. The molecule has 0 atom stereocenters. The molecule has 1 saturated heterocycles. The number of nitrogens with zero attached hydrogens (tertiary/aromatic N) is 7. The summed E-state index contributed by atoms with van der Waals surface area (Å²) in [6, 6.07) is 2.13. The third kappa shape index (κ3) is 6.81. The van der Waals surface area contributed by atoms with Crippen molar-refractivity contribution < 1.29 is 13.2 Å². The molecule has 1 fully saturated rings. The number of hydrogen-bond donors (Lipinski definition) is 0. The van der Waals surface area contributed by atoms with Gasteiger partial charge >= 0.3 is 6.18 Å². The Morgan fingerprint density at radius 2 is 1.73 bits per heavy atom. The Morgan fingerprint density at radius 3 is 2.30 bits per heavy atom. The van der Waals surface area contributed by atoms with Gasteiger partial charge in [-0.2, -0.15) is 13.2 Å². The van der Waals surface area contributed by atoms with E-state index in [1.807, 2.05) is 0 Å². The van der Waals surface area contributed by atoms with Crippen LogP contribution in [-0.4, -0.2) is 68.1 Å². The second kappa shape index (κ2) is 10.6. The molecule has 3 rings (SSSR count). The summed E-state index contributed by atoms with van der Waals surface area (Å²) in [6.07, 6.45) is -1.60. The molecule has 0 N–H and O–H groups in total. The van der Waals surface area contributed by atoms with Crippen molar-refractivity contribution >= 4 is 17.6 Å². The van der Waals surface area contributed by atoms with Crippen molar-refractivity contribution in [2.75, 3.05) is 43.4 Å². The Labute approximate surface area is 198 Å². The Kier molecular flexibility index (Phi) is 8.26. The van der Waals surface area contributed by atoms with Crippen molar-refractivity contribution in [3.05, 3.63) is 23.4 Å². The van der Waals surface area contributed by atoms with E-state index in [4.69, 9.17) is 9.97 Å². The van der Waals surface area contributed by atoms with Crippen molar-refractivity contribution in [3.63, 3.8) is 0 Å². The van der Waals surface area contributed by atoms with Gasteiger partial charge in [-0.15, -0.1) is 10.2 Å². The van der Waals surface area contributed by atoms with Crippen LogP contribution in [0.1, 0.15) is 57.9 Å². The van der Waals surface area contributed by atoms with Gasteiger partial charge in [0.05, 0.1) is 0 Å².